The largest absolute Gasteiger partial charge is 0.498 e. The SMILES string of the molecule is COC1[C@H]2OCC3O[C@@H]4OCC5O[C@H](OC)C(NC(=O)/C=C/C6C=[N+](CC(C)C(CCn7cc(c8c(N)ncnc87)C#CCCC(=O)O[C@H]1[C@H](OC)C(CO)O2)C[N+]1=CC(C#CCCC(=O)O[C@H](C4OC)[C@@H]3OC)C(=O)NC1=O)C(=O)NC6=O)[C@@H](OC)[C@@H]5OC. The van der Waals surface area contributed by atoms with Gasteiger partial charge >= 0.3 is 35.8 Å². The first-order valence-electron chi connectivity index (χ1n) is 29.3. The molecule has 31 nitrogen and oxygen atoms in total. The van der Waals surface area contributed by atoms with Crippen LogP contribution in [0.15, 0.2) is 24.7 Å². The molecule has 8 aliphatic heterocycles. The molecule has 2 aromatic rings. The van der Waals surface area contributed by atoms with Gasteiger partial charge in [0, 0.05) is 93.3 Å². The molecule has 0 spiro atoms. The Kier molecular flexibility index (Phi) is 22.9. The molecule has 14 bridgehead atoms. The third-order valence-electron chi connectivity index (χ3n) is 16.8. The standard InChI is InChI=1S/C59H75N9O22/c1-30-21-67-25-34(54(74)65-58(67)75)17-18-38(70)63-42-46(80-5)44(78-3)36(87-55(42)83-8)27-85-57-50(82-7)48-45(79-4)37(88-57)28-84-56-49(81-6)47(43(77-2)35(26-69)86-56)89-39(71)15-11-9-13-32-23-66(52-41(32)51(60)61-29-62-52)20-19-31(30)22-68-24-33(53(73)64-59(68)76)14-10-12-16-40(72)90-48/h17-18,23-25,29-31,33-37,42-50,55-57,69H,11-12,15-16,19-22,26-28H2,1-8H3,(H3-2,60,61,62,63,64,65,70,73,74,75,76)/p+2/b18-17+/t30?,31?,33?,34?,35?,36?,37?,42?,43-,44-,45-,46-,47+,48+,49?,50?,55+,56+,57+/m1/s1. The fraction of sp³-hybridized carbons (Fsp3) is 0.644. The number of nitrogens with zero attached hydrogens (tertiary/aromatic N) is 5. The number of aryl methyl sites for hydroxylation is 1. The van der Waals surface area contributed by atoms with Gasteiger partial charge < -0.3 is 87.0 Å². The lowest BCUT2D eigenvalue weighted by atomic mass is 9.89. The highest BCUT2D eigenvalue weighted by Gasteiger charge is 2.54. The Hall–Kier alpha value is -7.21. The van der Waals surface area contributed by atoms with E-state index in [1.54, 1.807) is 6.20 Å². The second-order valence-corrected chi connectivity index (χ2v) is 22.3. The molecular weight excluding hydrogens is 1190 g/mol. The number of nitrogens with two attached hydrogens (primary N) is 1. The second-order valence-electron chi connectivity index (χ2n) is 22.3. The van der Waals surface area contributed by atoms with Crippen molar-refractivity contribution < 1.29 is 114 Å². The number of amides is 7. The monoisotopic (exact) mass is 1260 g/mol. The Morgan fingerprint density at radius 3 is 1.97 bits per heavy atom. The average Bonchev–Trinajstić information content (AvgIpc) is 1.14. The van der Waals surface area contributed by atoms with E-state index in [2.05, 4.69) is 49.6 Å². The van der Waals surface area contributed by atoms with Crippen LogP contribution in [-0.2, 0) is 96.8 Å². The first-order valence-corrected chi connectivity index (χ1v) is 29.3. The quantitative estimate of drug-likeness (QED) is 0.112. The number of imide groups is 2. The summed E-state index contributed by atoms with van der Waals surface area (Å²) in [7, 11) is 9.56. The lowest BCUT2D eigenvalue weighted by Gasteiger charge is -2.47. The van der Waals surface area contributed by atoms with Crippen LogP contribution < -0.4 is 21.7 Å². The van der Waals surface area contributed by atoms with Crippen molar-refractivity contribution in [3.8, 4) is 23.7 Å². The molecule has 90 heavy (non-hydrogen) atoms. The number of aliphatic hydroxyl groups is 1. The molecule has 2 aromatic heterocycles. The highest BCUT2D eigenvalue weighted by molar-refractivity contribution is 6.06. The van der Waals surface area contributed by atoms with Gasteiger partial charge in [0.15, 0.2) is 37.0 Å². The predicted octanol–water partition coefficient (Wildman–Crippen LogP) is -1.70. The molecule has 8 aliphatic rings. The number of carbonyl (C=O) groups is 7. The van der Waals surface area contributed by atoms with Crippen molar-refractivity contribution in [2.45, 2.75) is 138 Å². The molecular formula is C59H77N9O22+2. The van der Waals surface area contributed by atoms with Gasteiger partial charge in [0.05, 0.1) is 69.1 Å². The first kappa shape index (κ1) is 67.2. The number of esters is 2. The van der Waals surface area contributed by atoms with Crippen LogP contribution in [0.1, 0.15) is 44.6 Å². The zero-order chi connectivity index (χ0) is 64.3. The lowest BCUT2D eigenvalue weighted by Crippen LogP contribution is -2.66. The summed E-state index contributed by atoms with van der Waals surface area (Å²) in [5, 5.41) is 18.7. The van der Waals surface area contributed by atoms with Gasteiger partial charge in [-0.3, -0.25) is 14.4 Å². The summed E-state index contributed by atoms with van der Waals surface area (Å²) in [6.07, 6.45) is -8.49. The van der Waals surface area contributed by atoms with Gasteiger partial charge in [0.25, 0.3) is 0 Å². The van der Waals surface area contributed by atoms with E-state index in [9.17, 15) is 38.7 Å². The second kappa shape index (κ2) is 30.7. The molecule has 31 heteroatoms. The number of hydrogen-bond donors (Lipinski definition) is 5. The molecule has 10 unspecified atom stereocenters. The van der Waals surface area contributed by atoms with Crippen molar-refractivity contribution in [1.82, 2.24) is 30.5 Å². The zero-order valence-electron chi connectivity index (χ0n) is 51.0. The maximum Gasteiger partial charge on any atom is 0.498 e. The smallest absolute Gasteiger partial charge is 0.456 e. The summed E-state index contributed by atoms with van der Waals surface area (Å²) in [5.41, 5.74) is 7.33. The van der Waals surface area contributed by atoms with Gasteiger partial charge in [0.1, 0.15) is 84.7 Å². The Balaban J connectivity index is 1.15. The van der Waals surface area contributed by atoms with Gasteiger partial charge in [-0.25, -0.2) is 24.1 Å². The molecule has 0 saturated carbocycles. The van der Waals surface area contributed by atoms with Crippen molar-refractivity contribution in [1.29, 1.82) is 0 Å². The summed E-state index contributed by atoms with van der Waals surface area (Å²) < 4.78 is 90.3. The van der Waals surface area contributed by atoms with Gasteiger partial charge in [-0.15, -0.1) is 5.92 Å². The van der Waals surface area contributed by atoms with Crippen LogP contribution in [0.2, 0.25) is 0 Å². The van der Waals surface area contributed by atoms with Crippen molar-refractivity contribution >= 4 is 71.0 Å². The molecule has 0 aromatic carbocycles. The van der Waals surface area contributed by atoms with E-state index in [0.717, 1.165) is 6.08 Å². The number of aliphatic hydroxyl groups excluding tert-OH is 1. The summed E-state index contributed by atoms with van der Waals surface area (Å²) in [5.74, 6) is 5.23. The topological polar surface area (TPSA) is 368 Å². The van der Waals surface area contributed by atoms with E-state index in [0.29, 0.717) is 23.0 Å². The number of ether oxygens (including phenoxy) is 14. The van der Waals surface area contributed by atoms with Crippen LogP contribution in [0.5, 0.6) is 0 Å². The summed E-state index contributed by atoms with van der Waals surface area (Å²) in [6, 6.07) is -2.51. The molecule has 3 saturated heterocycles. The number of methoxy groups -OCH3 is 7. The van der Waals surface area contributed by atoms with Crippen LogP contribution >= 0.6 is 0 Å². The molecule has 0 aliphatic carbocycles. The Morgan fingerprint density at radius 2 is 1.32 bits per heavy atom. The van der Waals surface area contributed by atoms with Gasteiger partial charge in [-0.1, -0.05) is 30.8 Å². The number of anilines is 1. The molecule has 7 amide bonds. The van der Waals surface area contributed by atoms with E-state index >= 15 is 0 Å². The molecule has 488 valence electrons. The highest BCUT2D eigenvalue weighted by atomic mass is 16.8. The fourth-order valence-electron chi connectivity index (χ4n) is 12.1. The number of fused-ring (bicyclic) bond motifs is 14. The number of urea groups is 2. The average molecular weight is 1260 g/mol. The highest BCUT2D eigenvalue weighted by Crippen LogP contribution is 2.35. The maximum absolute atomic E-state index is 14.1. The Labute approximate surface area is 517 Å². The van der Waals surface area contributed by atoms with E-state index in [1.165, 1.54) is 83.8 Å². The van der Waals surface area contributed by atoms with Crippen molar-refractivity contribution in [2.75, 3.05) is 88.4 Å². The number of rotatable bonds is 8. The summed E-state index contributed by atoms with van der Waals surface area (Å²) >= 11 is 0. The number of carbonyl (C=O) groups excluding carboxylic acids is 7. The Morgan fingerprint density at radius 1 is 0.711 bits per heavy atom. The number of hydrogen-bond acceptors (Lipinski definition) is 25. The summed E-state index contributed by atoms with van der Waals surface area (Å²) in [4.78, 5) is 105. The van der Waals surface area contributed by atoms with Crippen LogP contribution in [-0.4, -0.2) is 258 Å². The summed E-state index contributed by atoms with van der Waals surface area (Å²) in [6.45, 7) is 0.720. The number of nitrogen functional groups attached to an aromatic ring is 1. The minimum atomic E-state index is -1.41. The third kappa shape index (κ3) is 15.1. The van der Waals surface area contributed by atoms with Crippen molar-refractivity contribution in [3.05, 3.63) is 30.2 Å². The van der Waals surface area contributed by atoms with Crippen molar-refractivity contribution in [2.24, 2.45) is 23.7 Å². The van der Waals surface area contributed by atoms with Crippen LogP contribution in [0.4, 0.5) is 15.4 Å². The number of aromatic nitrogens is 3. The van der Waals surface area contributed by atoms with Crippen LogP contribution in [0, 0.1) is 47.4 Å². The van der Waals surface area contributed by atoms with Crippen LogP contribution in [0.3, 0.4) is 0 Å². The minimum absolute atomic E-state index is 0.00370. The lowest BCUT2D eigenvalue weighted by molar-refractivity contribution is -0.457. The van der Waals surface area contributed by atoms with E-state index in [-0.39, 0.29) is 57.7 Å². The first-order chi connectivity index (χ1) is 43.4. The molecule has 3 fully saturated rings. The minimum Gasteiger partial charge on any atom is -0.456 e. The van der Waals surface area contributed by atoms with Gasteiger partial charge in [0.2, 0.25) is 5.91 Å². The fourth-order valence-corrected chi connectivity index (χ4v) is 12.1. The maximum atomic E-state index is 14.1. The zero-order valence-corrected chi connectivity index (χ0v) is 51.0. The predicted molar refractivity (Wildman–Crippen MR) is 306 cm³/mol. The van der Waals surface area contributed by atoms with Gasteiger partial charge in [-0.05, 0) is 6.42 Å². The van der Waals surface area contributed by atoms with Crippen molar-refractivity contribution in [3.63, 3.8) is 0 Å². The molecule has 0 radical (unpaired) electrons. The molecule has 10 heterocycles. The van der Waals surface area contributed by atoms with E-state index in [4.69, 9.17) is 72.0 Å². The van der Waals surface area contributed by atoms with Gasteiger partial charge in [-0.2, -0.15) is 24.8 Å². The number of nitrogens with one attached hydrogen (secondary N) is 3. The molecule has 6 N–H and O–H groups in total. The molecule has 10 rings (SSSR count). The Bertz CT molecular complexity index is 3210. The normalized spacial score (nSPS) is 35.6. The molecule has 19 atom stereocenters. The third-order valence-corrected chi connectivity index (χ3v) is 16.8. The van der Waals surface area contributed by atoms with E-state index in [1.807, 2.05) is 11.5 Å². The van der Waals surface area contributed by atoms with E-state index < -0.39 is 171 Å². The van der Waals surface area contributed by atoms with Crippen LogP contribution in [0.25, 0.3) is 11.0 Å².